The molecule has 1 saturated heterocycles. The molecule has 6 heteroatoms. The van der Waals surface area contributed by atoms with Crippen LogP contribution in [0.1, 0.15) is 28.7 Å². The molecule has 0 spiro atoms. The number of amidine groups is 1. The molecule has 0 saturated carbocycles. The molecule has 0 aromatic heterocycles. The van der Waals surface area contributed by atoms with Gasteiger partial charge in [-0.3, -0.25) is 14.5 Å². The summed E-state index contributed by atoms with van der Waals surface area (Å²) in [6.45, 7) is 12.0. The zero-order valence-electron chi connectivity index (χ0n) is 17.9. The standard InChI is InChI=1S/C24H27N3O2S/c1-6-13-27-23(29)19(14-20(28)25-21-15(2)9-7-10-16(21)3)30-24(27)26-22-17(4)11-8-12-18(22)5/h6-12,19H,1,13-14H2,2-5H3,(H,25,28). The van der Waals surface area contributed by atoms with Crippen LogP contribution in [0.25, 0.3) is 0 Å². The van der Waals surface area contributed by atoms with E-state index in [0.717, 1.165) is 33.6 Å². The van der Waals surface area contributed by atoms with Gasteiger partial charge in [-0.15, -0.1) is 6.58 Å². The minimum atomic E-state index is -0.502. The number of nitrogens with zero attached hydrogens (tertiary/aromatic N) is 2. The van der Waals surface area contributed by atoms with Crippen LogP contribution in [-0.4, -0.2) is 33.7 Å². The maximum absolute atomic E-state index is 13.0. The molecule has 30 heavy (non-hydrogen) atoms. The molecule has 1 aliphatic heterocycles. The Hall–Kier alpha value is -2.86. The molecule has 2 aromatic carbocycles. The summed E-state index contributed by atoms with van der Waals surface area (Å²) in [6.07, 6.45) is 1.77. The van der Waals surface area contributed by atoms with Crippen LogP contribution in [0.5, 0.6) is 0 Å². The summed E-state index contributed by atoms with van der Waals surface area (Å²) in [6, 6.07) is 11.9. The van der Waals surface area contributed by atoms with Crippen molar-refractivity contribution in [3.8, 4) is 0 Å². The van der Waals surface area contributed by atoms with Gasteiger partial charge in [0.25, 0.3) is 0 Å². The molecule has 3 rings (SSSR count). The van der Waals surface area contributed by atoms with Crippen LogP contribution in [0, 0.1) is 27.7 Å². The number of nitrogens with one attached hydrogen (secondary N) is 1. The van der Waals surface area contributed by atoms with Crippen molar-refractivity contribution in [2.75, 3.05) is 11.9 Å². The van der Waals surface area contributed by atoms with E-state index in [9.17, 15) is 9.59 Å². The van der Waals surface area contributed by atoms with Crippen molar-refractivity contribution < 1.29 is 9.59 Å². The van der Waals surface area contributed by atoms with Gasteiger partial charge in [-0.25, -0.2) is 4.99 Å². The van der Waals surface area contributed by atoms with Crippen molar-refractivity contribution in [2.45, 2.75) is 39.4 Å². The second-order valence-corrected chi connectivity index (χ2v) is 8.67. The van der Waals surface area contributed by atoms with Gasteiger partial charge in [0.05, 0.1) is 5.69 Å². The van der Waals surface area contributed by atoms with Crippen molar-refractivity contribution in [2.24, 2.45) is 4.99 Å². The van der Waals surface area contributed by atoms with Crippen molar-refractivity contribution in [1.82, 2.24) is 4.90 Å². The number of para-hydroxylation sites is 2. The van der Waals surface area contributed by atoms with Gasteiger partial charge in [-0.05, 0) is 49.9 Å². The number of anilines is 1. The monoisotopic (exact) mass is 421 g/mol. The largest absolute Gasteiger partial charge is 0.326 e. The molecule has 5 nitrogen and oxygen atoms in total. The van der Waals surface area contributed by atoms with Gasteiger partial charge in [0.2, 0.25) is 11.8 Å². The Kier molecular flexibility index (Phi) is 6.77. The van der Waals surface area contributed by atoms with Gasteiger partial charge in [0, 0.05) is 18.7 Å². The fourth-order valence-corrected chi connectivity index (χ4v) is 4.62. The molecule has 1 unspecified atom stereocenters. The van der Waals surface area contributed by atoms with Gasteiger partial charge >= 0.3 is 0 Å². The van der Waals surface area contributed by atoms with Crippen molar-refractivity contribution >= 4 is 40.1 Å². The number of hydrogen-bond acceptors (Lipinski definition) is 4. The lowest BCUT2D eigenvalue weighted by molar-refractivity contribution is -0.127. The zero-order valence-corrected chi connectivity index (χ0v) is 18.7. The van der Waals surface area contributed by atoms with E-state index < -0.39 is 5.25 Å². The van der Waals surface area contributed by atoms with Crippen LogP contribution < -0.4 is 5.32 Å². The predicted molar refractivity (Wildman–Crippen MR) is 125 cm³/mol. The molecule has 1 aliphatic rings. The third-order valence-corrected chi connectivity index (χ3v) is 6.27. The topological polar surface area (TPSA) is 61.8 Å². The lowest BCUT2D eigenvalue weighted by atomic mass is 10.1. The molecule has 0 bridgehead atoms. The van der Waals surface area contributed by atoms with E-state index in [1.165, 1.54) is 11.8 Å². The first-order chi connectivity index (χ1) is 14.3. The van der Waals surface area contributed by atoms with E-state index in [1.54, 1.807) is 11.0 Å². The first kappa shape index (κ1) is 21.8. The summed E-state index contributed by atoms with van der Waals surface area (Å²) < 4.78 is 0. The normalized spacial score (nSPS) is 17.5. The van der Waals surface area contributed by atoms with Crippen LogP contribution in [0.4, 0.5) is 11.4 Å². The molecule has 1 fully saturated rings. The van der Waals surface area contributed by atoms with Crippen LogP contribution in [0.2, 0.25) is 0 Å². The second-order valence-electron chi connectivity index (χ2n) is 7.50. The van der Waals surface area contributed by atoms with Crippen LogP contribution in [0.3, 0.4) is 0 Å². The fourth-order valence-electron chi connectivity index (χ4n) is 3.47. The minimum Gasteiger partial charge on any atom is -0.326 e. The number of thioether (sulfide) groups is 1. The van der Waals surface area contributed by atoms with E-state index in [4.69, 9.17) is 4.99 Å². The molecule has 2 amide bonds. The summed E-state index contributed by atoms with van der Waals surface area (Å²) in [7, 11) is 0. The molecule has 2 aromatic rings. The van der Waals surface area contributed by atoms with Crippen LogP contribution in [0.15, 0.2) is 54.0 Å². The predicted octanol–water partition coefficient (Wildman–Crippen LogP) is 5.07. The summed E-state index contributed by atoms with van der Waals surface area (Å²) in [4.78, 5) is 32.1. The number of carbonyl (C=O) groups excluding carboxylic acids is 2. The smallest absolute Gasteiger partial charge is 0.242 e. The Labute approximate surface area is 182 Å². The summed E-state index contributed by atoms with van der Waals surface area (Å²) >= 11 is 1.34. The third kappa shape index (κ3) is 4.65. The zero-order chi connectivity index (χ0) is 21.8. The van der Waals surface area contributed by atoms with E-state index in [2.05, 4.69) is 11.9 Å². The van der Waals surface area contributed by atoms with Gasteiger partial charge < -0.3 is 5.32 Å². The second kappa shape index (κ2) is 9.30. The van der Waals surface area contributed by atoms with Crippen molar-refractivity contribution in [3.63, 3.8) is 0 Å². The quantitative estimate of drug-likeness (QED) is 0.663. The highest BCUT2D eigenvalue weighted by molar-refractivity contribution is 8.15. The minimum absolute atomic E-state index is 0.0939. The number of hydrogen-bond donors (Lipinski definition) is 1. The lowest BCUT2D eigenvalue weighted by Crippen LogP contribution is -2.33. The average molecular weight is 422 g/mol. The average Bonchev–Trinajstić information content (AvgIpc) is 2.97. The van der Waals surface area contributed by atoms with Crippen LogP contribution in [-0.2, 0) is 9.59 Å². The Morgan fingerprint density at radius 1 is 1.10 bits per heavy atom. The highest BCUT2D eigenvalue weighted by atomic mass is 32.2. The summed E-state index contributed by atoms with van der Waals surface area (Å²) in [5.74, 6) is -0.285. The number of carbonyl (C=O) groups is 2. The lowest BCUT2D eigenvalue weighted by Gasteiger charge is -2.15. The van der Waals surface area contributed by atoms with Crippen LogP contribution >= 0.6 is 11.8 Å². The SMILES string of the molecule is C=CCN1C(=O)C(CC(=O)Nc2c(C)cccc2C)SC1=Nc1c(C)cccc1C. The molecule has 1 heterocycles. The molecular formula is C24H27N3O2S. The van der Waals surface area contributed by atoms with Crippen molar-refractivity contribution in [3.05, 3.63) is 71.3 Å². The maximum Gasteiger partial charge on any atom is 0.242 e. The Morgan fingerprint density at radius 3 is 2.23 bits per heavy atom. The van der Waals surface area contributed by atoms with E-state index in [1.807, 2.05) is 64.1 Å². The number of rotatable bonds is 6. The number of aryl methyl sites for hydroxylation is 4. The molecular weight excluding hydrogens is 394 g/mol. The number of aliphatic imine (C=N–C) groups is 1. The Morgan fingerprint density at radius 2 is 1.67 bits per heavy atom. The van der Waals surface area contributed by atoms with Gasteiger partial charge in [0.1, 0.15) is 5.25 Å². The fraction of sp³-hybridized carbons (Fsp3) is 0.292. The molecule has 1 N–H and O–H groups in total. The summed E-state index contributed by atoms with van der Waals surface area (Å²) in [5.41, 5.74) is 5.77. The molecule has 0 aliphatic carbocycles. The van der Waals surface area contributed by atoms with E-state index in [-0.39, 0.29) is 18.2 Å². The van der Waals surface area contributed by atoms with Gasteiger partial charge in [0.15, 0.2) is 5.17 Å². The molecule has 156 valence electrons. The van der Waals surface area contributed by atoms with Gasteiger partial charge in [-0.1, -0.05) is 54.2 Å². The first-order valence-corrected chi connectivity index (χ1v) is 10.8. The highest BCUT2D eigenvalue weighted by Crippen LogP contribution is 2.34. The molecule has 0 radical (unpaired) electrons. The highest BCUT2D eigenvalue weighted by Gasteiger charge is 2.38. The maximum atomic E-state index is 13.0. The first-order valence-electron chi connectivity index (χ1n) is 9.91. The Balaban J connectivity index is 1.81. The number of amides is 2. The van der Waals surface area contributed by atoms with E-state index >= 15 is 0 Å². The Bertz CT molecular complexity index is 989. The van der Waals surface area contributed by atoms with Crippen molar-refractivity contribution in [1.29, 1.82) is 0 Å². The number of benzene rings is 2. The molecule has 1 atom stereocenters. The van der Waals surface area contributed by atoms with E-state index in [0.29, 0.717) is 11.7 Å². The third-order valence-electron chi connectivity index (χ3n) is 5.09. The van der Waals surface area contributed by atoms with Gasteiger partial charge in [-0.2, -0.15) is 0 Å². The summed E-state index contributed by atoms with van der Waals surface area (Å²) in [5, 5.41) is 3.08.